The molecule has 1 aliphatic heterocycles. The third-order valence-electron chi connectivity index (χ3n) is 3.01. The maximum Gasteiger partial charge on any atom is 0.328 e. The van der Waals surface area contributed by atoms with Crippen molar-refractivity contribution in [3.63, 3.8) is 0 Å². The van der Waals surface area contributed by atoms with Gasteiger partial charge in [0.15, 0.2) is 11.9 Å². The topological polar surface area (TPSA) is 225 Å². The van der Waals surface area contributed by atoms with Crippen molar-refractivity contribution < 1.29 is 19.2 Å². The van der Waals surface area contributed by atoms with E-state index in [1.807, 2.05) is 10.6 Å². The van der Waals surface area contributed by atoms with Gasteiger partial charge in [-0.3, -0.25) is 41.8 Å². The fourth-order valence-corrected chi connectivity index (χ4v) is 2.95. The Hall–Kier alpha value is -2.72. The molecule has 0 aliphatic carbocycles. The molecule has 4 amide bonds. The fraction of sp³-hybridized carbons (Fsp3) is 0.0714. The number of halogens is 5. The smallest absolute Gasteiger partial charge is 0.298 e. The van der Waals surface area contributed by atoms with Gasteiger partial charge in [0.05, 0.1) is 17.1 Å². The molecule has 4 rings (SSSR count). The Morgan fingerprint density at radius 3 is 1.79 bits per heavy atom. The number of barbiturate groups is 1. The van der Waals surface area contributed by atoms with Gasteiger partial charge in [0, 0.05) is 0 Å². The monoisotopic (exact) mass is 558 g/mol. The first-order chi connectivity index (χ1) is 15.6. The van der Waals surface area contributed by atoms with E-state index >= 15 is 0 Å². The number of H-pyrrole nitrogens is 1. The molecule has 3 aromatic heterocycles. The number of carbonyl (C=O) groups excluding carboxylic acids is 4. The van der Waals surface area contributed by atoms with Gasteiger partial charge in [-0.2, -0.15) is 10.1 Å². The number of aldehydes is 1. The Kier molecular flexibility index (Phi) is 11.8. The third-order valence-corrected chi connectivity index (χ3v) is 4.21. The molecular weight excluding hydrogens is 549 g/mol. The number of aromatic nitrogens is 6. The van der Waals surface area contributed by atoms with Crippen molar-refractivity contribution in [2.24, 2.45) is 11.7 Å². The SMILES string of the molecule is Clc1nc(Cl)c2cn[nH]c2n1.NN.O=C1CC(=O)NC(=O)N1.O=Cc1c(Cl)nc(Cl)nc1Cl. The number of carbonyl (C=O) groups is 4. The predicted octanol–water partition coefficient (Wildman–Crippen LogP) is 1.47. The molecule has 0 unspecified atom stereocenters. The zero-order valence-corrected chi connectivity index (χ0v) is 19.6. The van der Waals surface area contributed by atoms with Gasteiger partial charge in [0.1, 0.15) is 21.9 Å². The van der Waals surface area contributed by atoms with Crippen molar-refractivity contribution >= 4 is 93.2 Å². The Balaban J connectivity index is 0.000000240. The molecule has 0 spiro atoms. The number of hydrogen-bond acceptors (Lipinski definition) is 11. The summed E-state index contributed by atoms with van der Waals surface area (Å²) < 4.78 is 0. The molecule has 0 aromatic carbocycles. The number of hydrazine groups is 1. The zero-order chi connectivity index (χ0) is 25.1. The number of rotatable bonds is 1. The van der Waals surface area contributed by atoms with E-state index in [1.54, 1.807) is 6.20 Å². The van der Waals surface area contributed by atoms with Crippen LogP contribution in [0.3, 0.4) is 0 Å². The molecule has 0 saturated carbocycles. The van der Waals surface area contributed by atoms with E-state index < -0.39 is 17.8 Å². The van der Waals surface area contributed by atoms with Crippen LogP contribution in [0.1, 0.15) is 16.8 Å². The first-order valence-corrected chi connectivity index (χ1v) is 9.82. The van der Waals surface area contributed by atoms with E-state index in [0.717, 1.165) is 0 Å². The minimum Gasteiger partial charge on any atom is -0.298 e. The van der Waals surface area contributed by atoms with E-state index in [4.69, 9.17) is 58.0 Å². The summed E-state index contributed by atoms with van der Waals surface area (Å²) in [7, 11) is 0. The molecular formula is C14H11Cl5N10O4. The van der Waals surface area contributed by atoms with Crippen LogP contribution in [0.4, 0.5) is 4.79 Å². The minimum absolute atomic E-state index is 0.0370. The summed E-state index contributed by atoms with van der Waals surface area (Å²) in [4.78, 5) is 55.7. The molecule has 7 N–H and O–H groups in total. The maximum atomic E-state index is 10.3. The Morgan fingerprint density at radius 1 is 0.818 bits per heavy atom. The number of hydrogen-bond donors (Lipinski definition) is 5. The second-order valence-corrected chi connectivity index (χ2v) is 6.87. The van der Waals surface area contributed by atoms with Crippen molar-refractivity contribution in [2.45, 2.75) is 6.42 Å². The molecule has 3 aromatic rings. The van der Waals surface area contributed by atoms with E-state index in [1.165, 1.54) is 0 Å². The van der Waals surface area contributed by atoms with Gasteiger partial charge in [0.2, 0.25) is 22.4 Å². The molecule has 1 aliphatic rings. The lowest BCUT2D eigenvalue weighted by atomic mass is 10.3. The summed E-state index contributed by atoms with van der Waals surface area (Å²) >= 11 is 27.6. The number of imide groups is 2. The second-order valence-electron chi connectivity index (χ2n) is 5.12. The van der Waals surface area contributed by atoms with Crippen LogP contribution in [-0.2, 0) is 9.59 Å². The highest BCUT2D eigenvalue weighted by molar-refractivity contribution is 6.38. The van der Waals surface area contributed by atoms with Crippen molar-refractivity contribution in [3.8, 4) is 0 Å². The number of nitrogens with one attached hydrogen (secondary N) is 3. The number of fused-ring (bicyclic) bond motifs is 1. The molecule has 33 heavy (non-hydrogen) atoms. The number of nitrogens with zero attached hydrogens (tertiary/aromatic N) is 5. The van der Waals surface area contributed by atoms with Crippen LogP contribution >= 0.6 is 58.0 Å². The van der Waals surface area contributed by atoms with E-state index in [-0.39, 0.29) is 32.9 Å². The summed E-state index contributed by atoms with van der Waals surface area (Å²) in [6.07, 6.45) is 1.76. The maximum absolute atomic E-state index is 10.3. The molecule has 19 heteroatoms. The lowest BCUT2D eigenvalue weighted by Gasteiger charge is -2.09. The van der Waals surface area contributed by atoms with E-state index in [9.17, 15) is 19.2 Å². The first kappa shape index (κ1) is 28.3. The average molecular weight is 561 g/mol. The van der Waals surface area contributed by atoms with Crippen molar-refractivity contribution in [1.82, 2.24) is 40.8 Å². The van der Waals surface area contributed by atoms with Gasteiger partial charge >= 0.3 is 6.03 Å². The summed E-state index contributed by atoms with van der Waals surface area (Å²) in [5, 5.41) is 11.1. The van der Waals surface area contributed by atoms with Crippen molar-refractivity contribution in [2.75, 3.05) is 0 Å². The molecule has 14 nitrogen and oxygen atoms in total. The Bertz CT molecular complexity index is 1110. The normalized spacial score (nSPS) is 12.2. The van der Waals surface area contributed by atoms with Crippen LogP contribution in [0.15, 0.2) is 6.20 Å². The van der Waals surface area contributed by atoms with Gasteiger partial charge in [0.25, 0.3) is 0 Å². The molecule has 0 atom stereocenters. The van der Waals surface area contributed by atoms with Crippen LogP contribution in [0.25, 0.3) is 11.0 Å². The largest absolute Gasteiger partial charge is 0.328 e. The van der Waals surface area contributed by atoms with Crippen LogP contribution in [-0.4, -0.2) is 54.3 Å². The quantitative estimate of drug-likeness (QED) is 0.0715. The second kappa shape index (κ2) is 13.7. The number of aromatic amines is 1. The third kappa shape index (κ3) is 8.97. The van der Waals surface area contributed by atoms with Crippen LogP contribution in [0.2, 0.25) is 26.0 Å². The van der Waals surface area contributed by atoms with Crippen molar-refractivity contribution in [3.05, 3.63) is 37.8 Å². The molecule has 1 fully saturated rings. The summed E-state index contributed by atoms with van der Waals surface area (Å²) in [5.41, 5.74) is 0.604. The average Bonchev–Trinajstić information content (AvgIpc) is 3.18. The highest BCUT2D eigenvalue weighted by Crippen LogP contribution is 2.20. The predicted molar refractivity (Wildman–Crippen MR) is 119 cm³/mol. The molecule has 0 radical (unpaired) electrons. The highest BCUT2D eigenvalue weighted by atomic mass is 35.5. The summed E-state index contributed by atoms with van der Waals surface area (Å²) in [6, 6.07) is -0.740. The van der Waals surface area contributed by atoms with Crippen LogP contribution < -0.4 is 22.3 Å². The molecule has 4 heterocycles. The molecule has 0 bridgehead atoms. The van der Waals surface area contributed by atoms with Crippen LogP contribution in [0.5, 0.6) is 0 Å². The standard InChI is InChI=1S/C5HCl3N2O.C5H2Cl2N4.C4H4N2O3.H4N2/c6-3-2(1-11)4(7)10-5(8)9-3;6-3-2-1-8-11-4(2)10-5(7)9-3;7-2-1-3(8)6-4(9)5-2;1-2/h1H;1H,(H,8,9,10,11);1H2,(H2,5,6,7,8,9);1-2H2. The minimum atomic E-state index is -0.740. The van der Waals surface area contributed by atoms with E-state index in [0.29, 0.717) is 22.5 Å². The number of nitrogens with two attached hydrogens (primary N) is 2. The van der Waals surface area contributed by atoms with Crippen molar-refractivity contribution in [1.29, 1.82) is 0 Å². The van der Waals surface area contributed by atoms with Crippen LogP contribution in [0, 0.1) is 0 Å². The summed E-state index contributed by atoms with van der Waals surface area (Å²) in [6.45, 7) is 0. The Labute approximate surface area is 208 Å². The number of amides is 4. The Morgan fingerprint density at radius 2 is 1.30 bits per heavy atom. The van der Waals surface area contributed by atoms with Gasteiger partial charge in [-0.15, -0.1) is 0 Å². The molecule has 1 saturated heterocycles. The number of urea groups is 1. The first-order valence-electron chi connectivity index (χ1n) is 7.93. The lowest BCUT2D eigenvalue weighted by Crippen LogP contribution is -2.49. The van der Waals surface area contributed by atoms with Gasteiger partial charge < -0.3 is 0 Å². The van der Waals surface area contributed by atoms with Gasteiger partial charge in [-0.25, -0.2) is 19.7 Å². The summed E-state index contributed by atoms with van der Waals surface area (Å²) in [5.74, 6) is 6.90. The van der Waals surface area contributed by atoms with Gasteiger partial charge in [-0.05, 0) is 23.2 Å². The van der Waals surface area contributed by atoms with E-state index in [2.05, 4.69) is 41.8 Å². The molecule has 176 valence electrons. The lowest BCUT2D eigenvalue weighted by molar-refractivity contribution is -0.129. The van der Waals surface area contributed by atoms with Gasteiger partial charge in [-0.1, -0.05) is 34.8 Å². The fourth-order valence-electron chi connectivity index (χ4n) is 1.78. The zero-order valence-electron chi connectivity index (χ0n) is 15.8. The highest BCUT2D eigenvalue weighted by Gasteiger charge is 2.20.